The van der Waals surface area contributed by atoms with Crippen LogP contribution in [0.5, 0.6) is 5.75 Å². The van der Waals surface area contributed by atoms with E-state index < -0.39 is 0 Å². The van der Waals surface area contributed by atoms with Crippen LogP contribution < -0.4 is 10.5 Å². The number of halogens is 1. The van der Waals surface area contributed by atoms with Gasteiger partial charge in [-0.15, -0.1) is 11.3 Å². The largest absolute Gasteiger partial charge is 0.483 e. The van der Waals surface area contributed by atoms with Crippen molar-refractivity contribution in [3.63, 3.8) is 0 Å². The van der Waals surface area contributed by atoms with Gasteiger partial charge in [-0.3, -0.25) is 0 Å². The van der Waals surface area contributed by atoms with Crippen molar-refractivity contribution in [2.75, 3.05) is 0 Å². The number of aryl methyl sites for hydroxylation is 2. The van der Waals surface area contributed by atoms with Crippen molar-refractivity contribution >= 4 is 11.3 Å². The molecule has 1 heterocycles. The van der Waals surface area contributed by atoms with Gasteiger partial charge in [0.15, 0.2) is 0 Å². The summed E-state index contributed by atoms with van der Waals surface area (Å²) in [4.78, 5) is 1.11. The topological polar surface area (TPSA) is 35.2 Å². The predicted octanol–water partition coefficient (Wildman–Crippen LogP) is 4.36. The van der Waals surface area contributed by atoms with E-state index in [2.05, 4.69) is 6.07 Å². The number of hydrogen-bond acceptors (Lipinski definition) is 3. The summed E-state index contributed by atoms with van der Waals surface area (Å²) in [6.07, 6.45) is 0.566. The standard InChI is InChI=1S/C16H20FNOS/c1-4-13(18)15(16-11(3)7-8-20-16)19-14-9-12(17)6-5-10(14)2/h5-9,13,15H,4,18H2,1-3H3. The average Bonchev–Trinajstić information content (AvgIpc) is 2.85. The van der Waals surface area contributed by atoms with Crippen molar-refractivity contribution in [3.8, 4) is 5.75 Å². The lowest BCUT2D eigenvalue weighted by Gasteiger charge is -2.25. The fourth-order valence-corrected chi connectivity index (χ4v) is 3.09. The van der Waals surface area contributed by atoms with E-state index in [-0.39, 0.29) is 18.0 Å². The number of ether oxygens (including phenoxy) is 1. The molecule has 0 saturated carbocycles. The molecule has 1 aromatic carbocycles. The summed E-state index contributed by atoms with van der Waals surface area (Å²) in [5.41, 5.74) is 8.28. The molecule has 0 spiro atoms. The average molecular weight is 293 g/mol. The van der Waals surface area contributed by atoms with Gasteiger partial charge >= 0.3 is 0 Å². The SMILES string of the molecule is CCC(N)C(Oc1cc(F)ccc1C)c1sccc1C. The molecule has 0 radical (unpaired) electrons. The third-order valence-electron chi connectivity index (χ3n) is 3.42. The fraction of sp³-hybridized carbons (Fsp3) is 0.375. The van der Waals surface area contributed by atoms with Gasteiger partial charge in [0, 0.05) is 17.0 Å². The molecule has 2 N–H and O–H groups in total. The van der Waals surface area contributed by atoms with Crippen LogP contribution in [0.4, 0.5) is 4.39 Å². The van der Waals surface area contributed by atoms with Crippen LogP contribution in [0.3, 0.4) is 0 Å². The molecule has 0 aliphatic carbocycles. The number of thiophene rings is 1. The molecule has 2 unspecified atom stereocenters. The minimum Gasteiger partial charge on any atom is -0.483 e. The molecule has 2 rings (SSSR count). The summed E-state index contributed by atoms with van der Waals surface area (Å²) in [6, 6.07) is 6.52. The van der Waals surface area contributed by atoms with Gasteiger partial charge in [-0.1, -0.05) is 13.0 Å². The lowest BCUT2D eigenvalue weighted by Crippen LogP contribution is -2.31. The number of nitrogens with two attached hydrogens (primary N) is 1. The maximum absolute atomic E-state index is 13.4. The van der Waals surface area contributed by atoms with E-state index >= 15 is 0 Å². The molecule has 0 amide bonds. The Morgan fingerprint density at radius 3 is 2.60 bits per heavy atom. The van der Waals surface area contributed by atoms with Crippen LogP contribution in [0.1, 0.15) is 35.5 Å². The summed E-state index contributed by atoms with van der Waals surface area (Å²) < 4.78 is 19.4. The zero-order valence-corrected chi connectivity index (χ0v) is 12.8. The summed E-state index contributed by atoms with van der Waals surface area (Å²) in [5, 5.41) is 2.03. The zero-order valence-electron chi connectivity index (χ0n) is 12.0. The molecule has 0 saturated heterocycles. The van der Waals surface area contributed by atoms with E-state index in [0.29, 0.717) is 5.75 Å². The molecule has 4 heteroatoms. The molecule has 1 aromatic heterocycles. The van der Waals surface area contributed by atoms with Gasteiger partial charge in [0.05, 0.1) is 0 Å². The van der Waals surface area contributed by atoms with Crippen LogP contribution in [-0.2, 0) is 0 Å². The van der Waals surface area contributed by atoms with Crippen LogP contribution >= 0.6 is 11.3 Å². The van der Waals surface area contributed by atoms with Gasteiger partial charge in [0.1, 0.15) is 17.7 Å². The fourth-order valence-electron chi connectivity index (χ4n) is 2.06. The Bertz CT molecular complexity index is 582. The van der Waals surface area contributed by atoms with Crippen LogP contribution in [0.2, 0.25) is 0 Å². The normalized spacial score (nSPS) is 14.1. The predicted molar refractivity (Wildman–Crippen MR) is 81.8 cm³/mol. The number of rotatable bonds is 5. The first-order chi connectivity index (χ1) is 9.52. The molecule has 2 atom stereocenters. The Hall–Kier alpha value is -1.39. The Kier molecular flexibility index (Phi) is 4.78. The molecule has 2 nitrogen and oxygen atoms in total. The summed E-state index contributed by atoms with van der Waals surface area (Å²) in [6.45, 7) is 5.98. The van der Waals surface area contributed by atoms with Crippen molar-refractivity contribution in [1.29, 1.82) is 0 Å². The van der Waals surface area contributed by atoms with Gasteiger partial charge in [-0.2, -0.15) is 0 Å². The molecule has 0 fully saturated rings. The third kappa shape index (κ3) is 3.19. The highest BCUT2D eigenvalue weighted by Gasteiger charge is 2.24. The highest BCUT2D eigenvalue weighted by Crippen LogP contribution is 2.33. The maximum atomic E-state index is 13.4. The lowest BCUT2D eigenvalue weighted by molar-refractivity contribution is 0.172. The van der Waals surface area contributed by atoms with Crippen LogP contribution in [0, 0.1) is 19.7 Å². The first-order valence-electron chi connectivity index (χ1n) is 6.75. The smallest absolute Gasteiger partial charge is 0.148 e. The van der Waals surface area contributed by atoms with Crippen LogP contribution in [0.15, 0.2) is 29.6 Å². The highest BCUT2D eigenvalue weighted by molar-refractivity contribution is 7.10. The quantitative estimate of drug-likeness (QED) is 0.889. The summed E-state index contributed by atoms with van der Waals surface area (Å²) in [7, 11) is 0. The van der Waals surface area contributed by atoms with Crippen molar-refractivity contribution in [2.24, 2.45) is 5.73 Å². The van der Waals surface area contributed by atoms with Gasteiger partial charge in [-0.25, -0.2) is 4.39 Å². The Morgan fingerprint density at radius 1 is 1.25 bits per heavy atom. The van der Waals surface area contributed by atoms with E-state index in [9.17, 15) is 4.39 Å². The maximum Gasteiger partial charge on any atom is 0.148 e. The lowest BCUT2D eigenvalue weighted by atomic mass is 10.0. The van der Waals surface area contributed by atoms with Gasteiger partial charge in [0.2, 0.25) is 0 Å². The molecule has 2 aromatic rings. The molecular weight excluding hydrogens is 273 g/mol. The molecule has 0 aliphatic rings. The Balaban J connectivity index is 2.33. The van der Waals surface area contributed by atoms with E-state index in [1.54, 1.807) is 17.4 Å². The second-order valence-electron chi connectivity index (χ2n) is 4.99. The van der Waals surface area contributed by atoms with E-state index in [0.717, 1.165) is 22.4 Å². The monoisotopic (exact) mass is 293 g/mol. The Morgan fingerprint density at radius 2 is 2.00 bits per heavy atom. The van der Waals surface area contributed by atoms with Crippen LogP contribution in [-0.4, -0.2) is 6.04 Å². The van der Waals surface area contributed by atoms with E-state index in [4.69, 9.17) is 10.5 Å². The molecule has 0 bridgehead atoms. The van der Waals surface area contributed by atoms with E-state index in [1.807, 2.05) is 26.2 Å². The zero-order chi connectivity index (χ0) is 14.7. The number of benzene rings is 1. The molecular formula is C16H20FNOS. The molecule has 108 valence electrons. The van der Waals surface area contributed by atoms with Crippen molar-refractivity contribution in [2.45, 2.75) is 39.3 Å². The van der Waals surface area contributed by atoms with Gasteiger partial charge in [-0.05, 0) is 48.9 Å². The van der Waals surface area contributed by atoms with Crippen molar-refractivity contribution in [3.05, 3.63) is 51.5 Å². The van der Waals surface area contributed by atoms with E-state index in [1.165, 1.54) is 12.1 Å². The minimum absolute atomic E-state index is 0.116. The summed E-state index contributed by atoms with van der Waals surface area (Å²) in [5.74, 6) is 0.268. The second-order valence-corrected chi connectivity index (χ2v) is 5.94. The van der Waals surface area contributed by atoms with Crippen molar-refractivity contribution < 1.29 is 9.13 Å². The summed E-state index contributed by atoms with van der Waals surface area (Å²) >= 11 is 1.63. The molecule has 0 aliphatic heterocycles. The highest BCUT2D eigenvalue weighted by atomic mass is 32.1. The third-order valence-corrected chi connectivity index (χ3v) is 4.50. The molecule has 20 heavy (non-hydrogen) atoms. The minimum atomic E-state index is -0.294. The Labute approximate surface area is 123 Å². The first kappa shape index (κ1) is 15.0. The van der Waals surface area contributed by atoms with Gasteiger partial charge in [0.25, 0.3) is 0 Å². The first-order valence-corrected chi connectivity index (χ1v) is 7.63. The number of hydrogen-bond donors (Lipinski definition) is 1. The van der Waals surface area contributed by atoms with Crippen LogP contribution in [0.25, 0.3) is 0 Å². The van der Waals surface area contributed by atoms with Gasteiger partial charge < -0.3 is 10.5 Å². The van der Waals surface area contributed by atoms with Crippen molar-refractivity contribution in [1.82, 2.24) is 0 Å². The second kappa shape index (κ2) is 6.37.